The van der Waals surface area contributed by atoms with Crippen LogP contribution in [0, 0.1) is 0 Å². The molecule has 0 saturated heterocycles. The first-order valence-electron chi connectivity index (χ1n) is 0.441. The number of nitrogens with two attached hydrogens (primary N) is 1. The maximum absolute atomic E-state index is 4.63. The average Bonchev–Trinajstić information content (AvgIpc) is 0.918. The summed E-state index contributed by atoms with van der Waals surface area (Å²) in [6.07, 6.45) is 0. The van der Waals surface area contributed by atoms with Crippen molar-refractivity contribution >= 4 is 44.1 Å². The van der Waals surface area contributed by atoms with Gasteiger partial charge >= 0.3 is 0 Å². The average molecular weight is 169 g/mol. The third-order valence-corrected chi connectivity index (χ3v) is 0. The molecule has 0 aliphatic carbocycles. The number of hydrogen-bond donors (Lipinski definition) is 2. The van der Waals surface area contributed by atoms with E-state index in [9.17, 15) is 0 Å². The van der Waals surface area contributed by atoms with Gasteiger partial charge in [-0.15, -0.1) is 24.8 Å². The molecule has 2 nitrogen and oxygen atoms in total. The highest BCUT2D eigenvalue weighted by Gasteiger charge is 1.17. The molecule has 0 aliphatic rings. The first kappa shape index (κ1) is 27.9. The van der Waals surface area contributed by atoms with Crippen LogP contribution in [0.25, 0.3) is 0 Å². The second kappa shape index (κ2) is 37.2. The van der Waals surface area contributed by atoms with Gasteiger partial charge in [-0.3, -0.25) is 5.50 Å². The second-order valence-electron chi connectivity index (χ2n) is 0.105. The van der Waals surface area contributed by atoms with Gasteiger partial charge in [0.25, 0.3) is 0 Å². The zero-order valence-electron chi connectivity index (χ0n) is 2.96. The van der Waals surface area contributed by atoms with Crippen molar-refractivity contribution in [2.75, 3.05) is 0 Å². The summed E-state index contributed by atoms with van der Waals surface area (Å²) in [4.78, 5) is 0. The van der Waals surface area contributed by atoms with Gasteiger partial charge in [-0.2, -0.15) is 0 Å². The highest BCUT2D eigenvalue weighted by atomic mass is 35.5. The Hall–Kier alpha value is 1.02. The van der Waals surface area contributed by atoms with E-state index in [1.807, 2.05) is 0 Å². The summed E-state index contributed by atoms with van der Waals surface area (Å²) in [6.45, 7) is 0. The monoisotopic (exact) mass is 168 g/mol. The summed E-state index contributed by atoms with van der Waals surface area (Å²) in [5, 5.41) is 0. The van der Waals surface area contributed by atoms with Gasteiger partial charge in [-0.1, -0.05) is 0 Å². The first-order chi connectivity index (χ1) is 1.41. The molecule has 0 fully saturated rings. The van der Waals surface area contributed by atoms with E-state index in [4.69, 9.17) is 0 Å². The molecule has 42 valence electrons. The highest BCUT2D eigenvalue weighted by Crippen LogP contribution is 1.57. The van der Waals surface area contributed by atoms with Crippen molar-refractivity contribution in [1.82, 2.24) is 6.15 Å². The minimum atomic E-state index is 0. The van der Waals surface area contributed by atoms with Crippen LogP contribution in [0.4, 0.5) is 0 Å². The molecular formula is H7Cl2N2PS. The lowest BCUT2D eigenvalue weighted by Gasteiger charge is -1.31. The third-order valence-electron chi connectivity index (χ3n) is 0. The Labute approximate surface area is 56.2 Å². The Bertz CT molecular complexity index is 19.0. The van der Waals surface area contributed by atoms with Gasteiger partial charge in [0.05, 0.1) is 7.51 Å². The van der Waals surface area contributed by atoms with Crippen molar-refractivity contribution in [2.45, 2.75) is 0 Å². The minimum absolute atomic E-state index is 0. The van der Waals surface area contributed by atoms with Crippen LogP contribution in [0.15, 0.2) is 0 Å². The highest BCUT2D eigenvalue weighted by molar-refractivity contribution is 7.95. The molecule has 0 aromatic heterocycles. The third kappa shape index (κ3) is 78.0. The fourth-order valence-electron chi connectivity index (χ4n) is 0. The van der Waals surface area contributed by atoms with E-state index in [1.54, 1.807) is 0 Å². The molecule has 0 heterocycles. The summed E-state index contributed by atoms with van der Waals surface area (Å²) in [6, 6.07) is 0. The van der Waals surface area contributed by atoms with Gasteiger partial charge in [-0.25, -0.2) is 0 Å². The van der Waals surface area contributed by atoms with E-state index >= 15 is 0 Å². The van der Waals surface area contributed by atoms with Crippen molar-refractivity contribution in [3.8, 4) is 0 Å². The fourth-order valence-corrected chi connectivity index (χ4v) is 0. The van der Waals surface area contributed by atoms with Crippen LogP contribution in [-0.2, 0) is 11.8 Å². The normalized spacial score (nSPS) is 3.50. The number of rotatable bonds is 0. The zero-order chi connectivity index (χ0) is 2.71. The van der Waals surface area contributed by atoms with E-state index in [2.05, 4.69) is 17.3 Å². The maximum atomic E-state index is 4.63. The molecule has 6 heteroatoms. The fraction of sp³-hybridized carbons (Fsp3) is 0. The quantitative estimate of drug-likeness (QED) is 0.536. The molecule has 0 spiro atoms. The van der Waals surface area contributed by atoms with Crippen molar-refractivity contribution in [1.29, 1.82) is 0 Å². The van der Waals surface area contributed by atoms with E-state index in [1.165, 1.54) is 0 Å². The molecule has 0 unspecified atom stereocenters. The van der Waals surface area contributed by atoms with E-state index < -0.39 is 0 Å². The smallest absolute Gasteiger partial charge is 0.0555 e. The standard InChI is InChI=1S/2ClH.H2NPS.H3N/c;;1-2-3;/h2*1H;(H2,1,3);1H3. The molecule has 0 bridgehead atoms. The van der Waals surface area contributed by atoms with Crippen LogP contribution in [0.5, 0.6) is 0 Å². The molecule has 0 atom stereocenters. The van der Waals surface area contributed by atoms with Crippen LogP contribution in [-0.4, -0.2) is 0 Å². The largest absolute Gasteiger partial charge is 0.344 e. The van der Waals surface area contributed by atoms with E-state index in [0.29, 0.717) is 7.51 Å². The molecule has 5 N–H and O–H groups in total. The number of hydrogen-bond acceptors (Lipinski definition) is 2. The van der Waals surface area contributed by atoms with Gasteiger partial charge < -0.3 is 6.15 Å². The Balaban J connectivity index is -0.00000000667. The molecular weight excluding hydrogens is 162 g/mol. The lowest BCUT2D eigenvalue weighted by molar-refractivity contribution is 2.05. The maximum Gasteiger partial charge on any atom is 0.0555 e. The van der Waals surface area contributed by atoms with Crippen LogP contribution in [0.3, 0.4) is 0 Å². The molecule has 0 saturated carbocycles. The molecule has 0 radical (unpaired) electrons. The van der Waals surface area contributed by atoms with Crippen LogP contribution >= 0.6 is 32.3 Å². The van der Waals surface area contributed by atoms with Crippen LogP contribution < -0.4 is 11.7 Å². The SMILES string of the molecule is Cl.Cl.N.NP=S. The van der Waals surface area contributed by atoms with Crippen molar-refractivity contribution in [3.63, 3.8) is 0 Å². The van der Waals surface area contributed by atoms with E-state index in [0.717, 1.165) is 0 Å². The zero-order valence-corrected chi connectivity index (χ0v) is 6.30. The molecule has 0 aliphatic heterocycles. The van der Waals surface area contributed by atoms with Crippen LogP contribution in [0.1, 0.15) is 0 Å². The summed E-state index contributed by atoms with van der Waals surface area (Å²) < 4.78 is 0. The van der Waals surface area contributed by atoms with Gasteiger partial charge in [0, 0.05) is 0 Å². The van der Waals surface area contributed by atoms with Crippen molar-refractivity contribution in [2.24, 2.45) is 5.50 Å². The Morgan fingerprint density at radius 1 is 1.33 bits per heavy atom. The molecule has 6 heavy (non-hydrogen) atoms. The Morgan fingerprint density at radius 2 is 1.33 bits per heavy atom. The molecule has 0 rings (SSSR count). The van der Waals surface area contributed by atoms with Crippen molar-refractivity contribution < 1.29 is 0 Å². The Morgan fingerprint density at radius 3 is 1.33 bits per heavy atom. The van der Waals surface area contributed by atoms with Crippen LogP contribution in [0.2, 0.25) is 0 Å². The van der Waals surface area contributed by atoms with Gasteiger partial charge in [0.15, 0.2) is 0 Å². The second-order valence-corrected chi connectivity index (χ2v) is 0.949. The van der Waals surface area contributed by atoms with Crippen molar-refractivity contribution in [3.05, 3.63) is 0 Å². The van der Waals surface area contributed by atoms with Gasteiger partial charge in [0.2, 0.25) is 0 Å². The van der Waals surface area contributed by atoms with E-state index in [-0.39, 0.29) is 31.0 Å². The summed E-state index contributed by atoms with van der Waals surface area (Å²) in [5.74, 6) is 0. The predicted molar refractivity (Wildman–Crippen MR) is 38.0 cm³/mol. The minimum Gasteiger partial charge on any atom is -0.344 e. The Kier molecular flexibility index (Phi) is 173. The summed E-state index contributed by atoms with van der Waals surface area (Å²) in [7, 11) is 0.500. The first-order valence-corrected chi connectivity index (χ1v) is 2.42. The van der Waals surface area contributed by atoms with Gasteiger partial charge in [0.1, 0.15) is 0 Å². The topological polar surface area (TPSA) is 61.0 Å². The van der Waals surface area contributed by atoms with Gasteiger partial charge in [-0.05, 0) is 11.8 Å². The predicted octanol–water partition coefficient (Wildman–Crippen LogP) is 1.27. The lowest BCUT2D eigenvalue weighted by Crippen LogP contribution is -1.51. The summed E-state index contributed by atoms with van der Waals surface area (Å²) in [5.41, 5.74) is 4.63. The summed E-state index contributed by atoms with van der Waals surface area (Å²) >= 11 is 4.14. The molecule has 0 aromatic rings. The molecule has 0 aromatic carbocycles. The lowest BCUT2D eigenvalue weighted by atomic mass is 13.9. The number of halogens is 2. The molecule has 0 amide bonds.